The molecule has 0 saturated heterocycles. The molecule has 0 saturated carbocycles. The Hall–Kier alpha value is -6.52. The smallest absolute Gasteiger partial charge is 0.298 e. The number of nitro benzene ring substituents is 2. The maximum absolute atomic E-state index is 11.3. The van der Waals surface area contributed by atoms with E-state index in [1.807, 2.05) is 18.2 Å². The van der Waals surface area contributed by atoms with Crippen molar-refractivity contribution in [2.45, 2.75) is 4.90 Å². The molecular formula is C32H22CrN6O11S. The number of rotatable bonds is 7. The zero-order chi connectivity index (χ0) is 36.2. The van der Waals surface area contributed by atoms with Crippen molar-refractivity contribution >= 4 is 65.8 Å². The molecule has 6 aromatic carbocycles. The fourth-order valence-electron chi connectivity index (χ4n) is 4.57. The third kappa shape index (κ3) is 8.38. The molecule has 0 amide bonds. The van der Waals surface area contributed by atoms with Gasteiger partial charge in [-0.2, -0.15) is 8.42 Å². The van der Waals surface area contributed by atoms with Crippen molar-refractivity contribution in [3.8, 4) is 23.0 Å². The van der Waals surface area contributed by atoms with Crippen molar-refractivity contribution in [3.63, 3.8) is 0 Å². The van der Waals surface area contributed by atoms with Crippen molar-refractivity contribution < 1.29 is 60.6 Å². The molecule has 0 atom stereocenters. The SMILES string of the molecule is O=[N+]([O-])c1cc(N=Nc2c(O)ccc3ccccc23)c(O)c(S(=O)(=O)O)c1.O=[N+]([O-])c1ccc(N=Nc2c(O)ccc3ccccc23)c(O)c1.[Cr]. The standard InChI is InChI=1S/C16H11N3O7S.C16H11N3O4.Cr/c20-13-6-5-9-3-1-2-4-11(9)15(13)18-17-12-7-10(19(22)23)8-14(16(12)21)27(24,25)26;20-14-8-5-10-3-1-2-4-12(10)16(14)18-17-13-7-6-11(19(22)23)9-15(13)21;/h1-8,20-21H,(H,24,25,26);1-9,20-21H;. The minimum absolute atomic E-state index is 0. The zero-order valence-corrected chi connectivity index (χ0v) is 27.6. The molecule has 0 unspecified atom stereocenters. The number of hydrogen-bond acceptors (Lipinski definition) is 14. The van der Waals surface area contributed by atoms with Gasteiger partial charge in [0.2, 0.25) is 0 Å². The van der Waals surface area contributed by atoms with Gasteiger partial charge in [-0.05, 0) is 29.0 Å². The molecular weight excluding hydrogens is 728 g/mol. The van der Waals surface area contributed by atoms with Crippen LogP contribution in [-0.2, 0) is 27.5 Å². The van der Waals surface area contributed by atoms with Crippen LogP contribution in [0.15, 0.2) is 128 Å². The number of fused-ring (bicyclic) bond motifs is 2. The monoisotopic (exact) mass is 750 g/mol. The summed E-state index contributed by atoms with van der Waals surface area (Å²) in [6, 6.07) is 25.3. The van der Waals surface area contributed by atoms with Crippen molar-refractivity contribution in [3.05, 3.63) is 123 Å². The molecule has 0 bridgehead atoms. The molecule has 51 heavy (non-hydrogen) atoms. The minimum atomic E-state index is -4.94. The van der Waals surface area contributed by atoms with Gasteiger partial charge in [0.05, 0.1) is 15.9 Å². The number of nitrogens with zero attached hydrogens (tertiary/aromatic N) is 6. The molecule has 19 heteroatoms. The molecule has 0 spiro atoms. The number of non-ortho nitro benzene ring substituents is 2. The van der Waals surface area contributed by atoms with Crippen LogP contribution in [0.3, 0.4) is 0 Å². The normalized spacial score (nSPS) is 11.3. The quantitative estimate of drug-likeness (QED) is 0.0447. The van der Waals surface area contributed by atoms with E-state index >= 15 is 0 Å². The van der Waals surface area contributed by atoms with Crippen LogP contribution in [0, 0.1) is 20.2 Å². The fourth-order valence-corrected chi connectivity index (χ4v) is 5.19. The zero-order valence-electron chi connectivity index (χ0n) is 25.5. The second-order valence-corrected chi connectivity index (χ2v) is 11.6. The summed E-state index contributed by atoms with van der Waals surface area (Å²) in [5, 5.41) is 79.5. The second kappa shape index (κ2) is 15.4. The van der Waals surface area contributed by atoms with Gasteiger partial charge in [-0.25, -0.2) is 0 Å². The third-order valence-electron chi connectivity index (χ3n) is 6.97. The van der Waals surface area contributed by atoms with E-state index in [1.54, 1.807) is 42.5 Å². The maximum atomic E-state index is 11.3. The van der Waals surface area contributed by atoms with E-state index in [1.165, 1.54) is 24.3 Å². The Balaban J connectivity index is 0.000000227. The average molecular weight is 751 g/mol. The Bertz CT molecular complexity index is 2500. The maximum Gasteiger partial charge on any atom is 0.298 e. The Labute approximate surface area is 297 Å². The van der Waals surface area contributed by atoms with Crippen LogP contribution >= 0.6 is 0 Å². The van der Waals surface area contributed by atoms with Crippen LogP contribution in [0.1, 0.15) is 0 Å². The molecule has 258 valence electrons. The molecule has 6 aromatic rings. The first-order valence-electron chi connectivity index (χ1n) is 14.0. The van der Waals surface area contributed by atoms with Crippen LogP contribution in [-0.4, -0.2) is 43.2 Å². The topological polar surface area (TPSA) is 271 Å². The fraction of sp³-hybridized carbons (Fsp3) is 0. The number of hydrogen-bond donors (Lipinski definition) is 5. The largest absolute Gasteiger partial charge is 0.506 e. The van der Waals surface area contributed by atoms with Crippen LogP contribution in [0.4, 0.5) is 34.1 Å². The van der Waals surface area contributed by atoms with E-state index in [0.717, 1.165) is 22.9 Å². The Morgan fingerprint density at radius 1 is 0.549 bits per heavy atom. The van der Waals surface area contributed by atoms with Gasteiger partial charge in [0.15, 0.2) is 5.75 Å². The van der Waals surface area contributed by atoms with Crippen LogP contribution in [0.2, 0.25) is 0 Å². The summed E-state index contributed by atoms with van der Waals surface area (Å²) >= 11 is 0. The van der Waals surface area contributed by atoms with E-state index in [4.69, 9.17) is 4.55 Å². The van der Waals surface area contributed by atoms with E-state index in [0.29, 0.717) is 16.8 Å². The first-order chi connectivity index (χ1) is 23.7. The average Bonchev–Trinajstić information content (AvgIpc) is 3.08. The predicted molar refractivity (Wildman–Crippen MR) is 179 cm³/mol. The van der Waals surface area contributed by atoms with Crippen LogP contribution < -0.4 is 0 Å². The van der Waals surface area contributed by atoms with Gasteiger partial charge >= 0.3 is 0 Å². The number of benzene rings is 6. The molecule has 0 heterocycles. The molecule has 0 aliphatic heterocycles. The van der Waals surface area contributed by atoms with Crippen molar-refractivity contribution in [1.82, 2.24) is 0 Å². The summed E-state index contributed by atoms with van der Waals surface area (Å²) in [7, 11) is -4.94. The van der Waals surface area contributed by atoms with Gasteiger partial charge in [-0.3, -0.25) is 24.8 Å². The molecule has 0 aliphatic carbocycles. The number of azo groups is 2. The number of phenolic OH excluding ortho intramolecular Hbond substituents is 4. The molecule has 0 aliphatic rings. The van der Waals surface area contributed by atoms with Crippen LogP contribution in [0.25, 0.3) is 21.5 Å². The summed E-state index contributed by atoms with van der Waals surface area (Å²) in [5.41, 5.74) is -1.17. The Morgan fingerprint density at radius 2 is 1.04 bits per heavy atom. The van der Waals surface area contributed by atoms with Crippen molar-refractivity contribution in [2.24, 2.45) is 20.5 Å². The second-order valence-electron chi connectivity index (χ2n) is 10.2. The summed E-state index contributed by atoms with van der Waals surface area (Å²) in [5.74, 6) is -1.65. The summed E-state index contributed by atoms with van der Waals surface area (Å²) < 4.78 is 31.8. The summed E-state index contributed by atoms with van der Waals surface area (Å²) in [4.78, 5) is 19.0. The molecule has 0 fully saturated rings. The van der Waals surface area contributed by atoms with E-state index in [2.05, 4.69) is 20.5 Å². The van der Waals surface area contributed by atoms with Crippen molar-refractivity contribution in [2.75, 3.05) is 0 Å². The minimum Gasteiger partial charge on any atom is -0.506 e. The van der Waals surface area contributed by atoms with Crippen LogP contribution in [0.5, 0.6) is 23.0 Å². The number of aromatic hydroxyl groups is 4. The molecule has 5 N–H and O–H groups in total. The first kappa shape index (κ1) is 37.3. The Kier molecular flexibility index (Phi) is 11.2. The first-order valence-corrected chi connectivity index (χ1v) is 15.4. The van der Waals surface area contributed by atoms with E-state index in [9.17, 15) is 49.1 Å². The predicted octanol–water partition coefficient (Wildman–Crippen LogP) is 8.39. The molecule has 0 aromatic heterocycles. The summed E-state index contributed by atoms with van der Waals surface area (Å²) in [6.07, 6.45) is 0. The van der Waals surface area contributed by atoms with E-state index in [-0.39, 0.29) is 57.4 Å². The summed E-state index contributed by atoms with van der Waals surface area (Å²) in [6.45, 7) is 0. The van der Waals surface area contributed by atoms with Gasteiger partial charge in [0, 0.05) is 46.3 Å². The van der Waals surface area contributed by atoms with Gasteiger partial charge in [-0.15, -0.1) is 20.5 Å². The van der Waals surface area contributed by atoms with Gasteiger partial charge in [0.25, 0.3) is 21.5 Å². The van der Waals surface area contributed by atoms with Gasteiger partial charge in [-0.1, -0.05) is 60.7 Å². The van der Waals surface area contributed by atoms with Crippen molar-refractivity contribution in [1.29, 1.82) is 0 Å². The van der Waals surface area contributed by atoms with E-state index < -0.39 is 42.0 Å². The number of nitro groups is 2. The number of phenols is 4. The molecule has 17 nitrogen and oxygen atoms in total. The van der Waals surface area contributed by atoms with Gasteiger partial charge < -0.3 is 20.4 Å². The third-order valence-corrected chi connectivity index (χ3v) is 7.84. The molecule has 6 rings (SSSR count). The van der Waals surface area contributed by atoms with Gasteiger partial charge in [0.1, 0.15) is 44.9 Å². The molecule has 0 radical (unpaired) electrons. The Morgan fingerprint density at radius 3 is 1.51 bits per heavy atom.